The lowest BCUT2D eigenvalue weighted by Crippen LogP contribution is -2.33. The Hall–Kier alpha value is -2.37. The van der Waals surface area contributed by atoms with Gasteiger partial charge in [-0.3, -0.25) is 9.59 Å². The Balaban J connectivity index is 1.49. The lowest BCUT2D eigenvalue weighted by Gasteiger charge is -2.20. The second-order valence-corrected chi connectivity index (χ2v) is 8.45. The lowest BCUT2D eigenvalue weighted by molar-refractivity contribution is -0.118. The van der Waals surface area contributed by atoms with Crippen LogP contribution in [0.15, 0.2) is 48.5 Å². The zero-order valence-electron chi connectivity index (χ0n) is 17.6. The summed E-state index contributed by atoms with van der Waals surface area (Å²) in [6.07, 6.45) is 3.37. The van der Waals surface area contributed by atoms with Gasteiger partial charge in [-0.05, 0) is 67.5 Å². The number of benzene rings is 2. The maximum atomic E-state index is 12.2. The van der Waals surface area contributed by atoms with Crippen molar-refractivity contribution < 1.29 is 9.59 Å². The van der Waals surface area contributed by atoms with E-state index in [0.717, 1.165) is 24.3 Å². The van der Waals surface area contributed by atoms with E-state index in [9.17, 15) is 9.59 Å². The Morgan fingerprint density at radius 1 is 1.07 bits per heavy atom. The van der Waals surface area contributed by atoms with E-state index in [2.05, 4.69) is 41.1 Å². The Labute approximate surface area is 183 Å². The summed E-state index contributed by atoms with van der Waals surface area (Å²) in [5.74, 6) is 0.291. The van der Waals surface area contributed by atoms with Gasteiger partial charge in [0.2, 0.25) is 5.91 Å². The summed E-state index contributed by atoms with van der Waals surface area (Å²) in [7, 11) is 0. The fraction of sp³-hybridized carbons (Fsp3) is 0.417. The zero-order chi connectivity index (χ0) is 21.5. The van der Waals surface area contributed by atoms with E-state index < -0.39 is 0 Å². The van der Waals surface area contributed by atoms with E-state index in [1.54, 1.807) is 0 Å². The molecule has 160 valence electrons. The summed E-state index contributed by atoms with van der Waals surface area (Å²) in [4.78, 5) is 23.1. The van der Waals surface area contributed by atoms with E-state index in [1.807, 2.05) is 30.3 Å². The number of rotatable bonds is 8. The van der Waals surface area contributed by atoms with Crippen molar-refractivity contribution in [3.05, 3.63) is 70.2 Å². The minimum atomic E-state index is -0.117. The first-order valence-corrected chi connectivity index (χ1v) is 10.9. The third-order valence-corrected chi connectivity index (χ3v) is 5.93. The van der Waals surface area contributed by atoms with Gasteiger partial charge >= 0.3 is 0 Å². The van der Waals surface area contributed by atoms with Crippen molar-refractivity contribution in [1.82, 2.24) is 16.0 Å². The highest BCUT2D eigenvalue weighted by Crippen LogP contribution is 2.35. The fourth-order valence-corrected chi connectivity index (χ4v) is 4.28. The monoisotopic (exact) mass is 427 g/mol. The predicted octanol–water partition coefficient (Wildman–Crippen LogP) is 4.19. The molecule has 2 aromatic rings. The van der Waals surface area contributed by atoms with Gasteiger partial charge in [-0.15, -0.1) is 0 Å². The van der Waals surface area contributed by atoms with Gasteiger partial charge in [0.05, 0.1) is 0 Å². The second-order valence-electron chi connectivity index (χ2n) is 8.01. The fourth-order valence-electron chi connectivity index (χ4n) is 4.08. The van der Waals surface area contributed by atoms with Crippen molar-refractivity contribution >= 4 is 23.4 Å². The van der Waals surface area contributed by atoms with Gasteiger partial charge in [-0.25, -0.2) is 0 Å². The maximum Gasteiger partial charge on any atom is 0.251 e. The molecule has 1 fully saturated rings. The number of carbonyl (C=O) groups excluding carboxylic acids is 2. The van der Waals surface area contributed by atoms with Crippen LogP contribution in [0.25, 0.3) is 0 Å². The largest absolute Gasteiger partial charge is 0.355 e. The van der Waals surface area contributed by atoms with Crippen LogP contribution in [0.3, 0.4) is 0 Å². The number of hydrogen-bond donors (Lipinski definition) is 3. The molecule has 2 amide bonds. The Morgan fingerprint density at radius 3 is 2.50 bits per heavy atom. The van der Waals surface area contributed by atoms with Crippen LogP contribution in [-0.4, -0.2) is 30.9 Å². The summed E-state index contributed by atoms with van der Waals surface area (Å²) in [5, 5.41) is 9.99. The van der Waals surface area contributed by atoms with E-state index in [1.165, 1.54) is 18.1 Å². The topological polar surface area (TPSA) is 70.2 Å². The smallest absolute Gasteiger partial charge is 0.251 e. The molecule has 6 heteroatoms. The van der Waals surface area contributed by atoms with Crippen molar-refractivity contribution in [3.63, 3.8) is 0 Å². The first-order chi connectivity index (χ1) is 14.4. The molecule has 3 rings (SSSR count). The van der Waals surface area contributed by atoms with Gasteiger partial charge in [0.25, 0.3) is 5.91 Å². The van der Waals surface area contributed by atoms with Crippen molar-refractivity contribution in [3.8, 4) is 0 Å². The molecule has 1 unspecified atom stereocenters. The van der Waals surface area contributed by atoms with Gasteiger partial charge < -0.3 is 16.0 Å². The van der Waals surface area contributed by atoms with Gasteiger partial charge in [0.1, 0.15) is 0 Å². The van der Waals surface area contributed by atoms with E-state index >= 15 is 0 Å². The summed E-state index contributed by atoms with van der Waals surface area (Å²) in [6, 6.07) is 16.7. The molecular formula is C24H30ClN3O2. The van der Waals surface area contributed by atoms with E-state index in [4.69, 9.17) is 11.6 Å². The van der Waals surface area contributed by atoms with Crippen LogP contribution in [0.1, 0.15) is 66.6 Å². The lowest BCUT2D eigenvalue weighted by atomic mass is 9.96. The van der Waals surface area contributed by atoms with Crippen LogP contribution in [0.5, 0.6) is 0 Å². The van der Waals surface area contributed by atoms with Crippen LogP contribution < -0.4 is 16.0 Å². The minimum Gasteiger partial charge on any atom is -0.355 e. The van der Waals surface area contributed by atoms with Crippen molar-refractivity contribution in [1.29, 1.82) is 0 Å². The SMILES string of the molecule is CC(=O)NCCNC(=O)c1ccc(C2CC[C@H](N[C@H](C)c3cccc(Cl)c3)C2)cc1. The molecule has 0 radical (unpaired) electrons. The number of amides is 2. The van der Waals surface area contributed by atoms with Crippen LogP contribution in [0.4, 0.5) is 0 Å². The van der Waals surface area contributed by atoms with Gasteiger partial charge in [-0.2, -0.15) is 0 Å². The number of halogens is 1. The van der Waals surface area contributed by atoms with Gasteiger partial charge in [0, 0.05) is 42.7 Å². The highest BCUT2D eigenvalue weighted by Gasteiger charge is 2.27. The van der Waals surface area contributed by atoms with Crippen molar-refractivity contribution in [2.24, 2.45) is 0 Å². The molecule has 2 aromatic carbocycles. The van der Waals surface area contributed by atoms with E-state index in [-0.39, 0.29) is 17.9 Å². The van der Waals surface area contributed by atoms with Crippen LogP contribution in [0.2, 0.25) is 5.02 Å². The first-order valence-electron chi connectivity index (χ1n) is 10.6. The quantitative estimate of drug-likeness (QED) is 0.553. The minimum absolute atomic E-state index is 0.0973. The molecule has 1 saturated carbocycles. The van der Waals surface area contributed by atoms with Crippen LogP contribution >= 0.6 is 11.6 Å². The molecule has 5 nitrogen and oxygen atoms in total. The average molecular weight is 428 g/mol. The Bertz CT molecular complexity index is 869. The molecule has 3 N–H and O–H groups in total. The first kappa shape index (κ1) is 22.3. The van der Waals surface area contributed by atoms with Crippen LogP contribution in [0, 0.1) is 0 Å². The molecule has 1 aliphatic carbocycles. The molecule has 0 heterocycles. The van der Waals surface area contributed by atoms with Crippen molar-refractivity contribution in [2.45, 2.75) is 51.1 Å². The predicted molar refractivity (Wildman–Crippen MR) is 121 cm³/mol. The zero-order valence-corrected chi connectivity index (χ0v) is 18.3. The summed E-state index contributed by atoms with van der Waals surface area (Å²) < 4.78 is 0. The molecule has 3 atom stereocenters. The maximum absolute atomic E-state index is 12.2. The molecule has 30 heavy (non-hydrogen) atoms. The third-order valence-electron chi connectivity index (χ3n) is 5.70. The Kier molecular flexibility index (Phi) is 7.88. The number of nitrogens with one attached hydrogen (secondary N) is 3. The number of carbonyl (C=O) groups is 2. The summed E-state index contributed by atoms with van der Waals surface area (Å²) in [5.41, 5.74) is 3.13. The molecule has 0 bridgehead atoms. The normalized spacial score (nSPS) is 19.3. The van der Waals surface area contributed by atoms with Crippen molar-refractivity contribution in [2.75, 3.05) is 13.1 Å². The van der Waals surface area contributed by atoms with Crippen LogP contribution in [-0.2, 0) is 4.79 Å². The molecular weight excluding hydrogens is 398 g/mol. The highest BCUT2D eigenvalue weighted by molar-refractivity contribution is 6.30. The molecule has 0 saturated heterocycles. The molecule has 1 aliphatic rings. The molecule has 0 spiro atoms. The number of hydrogen-bond acceptors (Lipinski definition) is 3. The molecule has 0 aromatic heterocycles. The average Bonchev–Trinajstić information content (AvgIpc) is 3.19. The Morgan fingerprint density at radius 2 is 1.80 bits per heavy atom. The van der Waals surface area contributed by atoms with Gasteiger partial charge in [-0.1, -0.05) is 35.9 Å². The van der Waals surface area contributed by atoms with Gasteiger partial charge in [0.15, 0.2) is 0 Å². The summed E-state index contributed by atoms with van der Waals surface area (Å²) >= 11 is 6.12. The van der Waals surface area contributed by atoms with E-state index in [0.29, 0.717) is 30.6 Å². The second kappa shape index (κ2) is 10.6. The third kappa shape index (κ3) is 6.31. The molecule has 0 aliphatic heterocycles. The highest BCUT2D eigenvalue weighted by atomic mass is 35.5. The standard InChI is InChI=1S/C24H30ClN3O2/c1-16(20-4-3-5-22(25)14-20)28-23-11-10-21(15-23)18-6-8-19(9-7-18)24(30)27-13-12-26-17(2)29/h3-9,14,16,21,23,28H,10-13,15H2,1-2H3,(H,26,29)(H,27,30)/t16-,21?,23+/m1/s1. The summed E-state index contributed by atoms with van der Waals surface area (Å²) in [6.45, 7) is 4.49.